The first-order chi connectivity index (χ1) is 11.9. The topological polar surface area (TPSA) is 85.1 Å². The van der Waals surface area contributed by atoms with E-state index in [-0.39, 0.29) is 16.3 Å². The molecule has 0 spiro atoms. The number of hydrogen-bond donors (Lipinski definition) is 1. The van der Waals surface area contributed by atoms with E-state index in [2.05, 4.69) is 32.9 Å². The molecule has 9 heteroatoms. The van der Waals surface area contributed by atoms with Gasteiger partial charge in [-0.05, 0) is 40.8 Å². The van der Waals surface area contributed by atoms with Crippen molar-refractivity contribution in [1.29, 1.82) is 0 Å². The van der Waals surface area contributed by atoms with Crippen LogP contribution in [0.2, 0.25) is 5.02 Å². The number of halogens is 2. The minimum Gasteiger partial charge on any atom is -0.298 e. The number of thiazole rings is 1. The predicted molar refractivity (Wildman–Crippen MR) is 106 cm³/mol. The highest BCUT2D eigenvalue weighted by Crippen LogP contribution is 2.27. The lowest BCUT2D eigenvalue weighted by molar-refractivity contribution is -0.384. The van der Waals surface area contributed by atoms with E-state index in [4.69, 9.17) is 11.6 Å². The van der Waals surface area contributed by atoms with Gasteiger partial charge in [-0.3, -0.25) is 20.2 Å². The summed E-state index contributed by atoms with van der Waals surface area (Å²) in [6.45, 7) is 0. The van der Waals surface area contributed by atoms with Crippen molar-refractivity contribution in [2.75, 3.05) is 5.32 Å². The Balaban J connectivity index is 1.81. The second-order valence-corrected chi connectivity index (χ2v) is 7.43. The van der Waals surface area contributed by atoms with Gasteiger partial charge < -0.3 is 0 Å². The fourth-order valence-electron chi connectivity index (χ4n) is 2.05. The second kappa shape index (κ2) is 7.46. The molecule has 0 saturated heterocycles. The van der Waals surface area contributed by atoms with Crippen molar-refractivity contribution in [3.63, 3.8) is 0 Å². The molecular weight excluding hydrogens is 477 g/mol. The molecule has 0 atom stereocenters. The molecule has 3 rings (SSSR count). The summed E-state index contributed by atoms with van der Waals surface area (Å²) in [5.41, 5.74) is 1.50. The summed E-state index contributed by atoms with van der Waals surface area (Å²) in [4.78, 5) is 27.0. The van der Waals surface area contributed by atoms with Crippen LogP contribution in [0, 0.1) is 13.7 Å². The Morgan fingerprint density at radius 3 is 2.64 bits per heavy atom. The number of nitrogens with zero attached hydrogens (tertiary/aromatic N) is 2. The summed E-state index contributed by atoms with van der Waals surface area (Å²) in [6, 6.07) is 11.5. The Bertz CT molecular complexity index is 960. The zero-order chi connectivity index (χ0) is 18.0. The number of carbonyl (C=O) groups is 1. The molecule has 2 aromatic carbocycles. The van der Waals surface area contributed by atoms with Gasteiger partial charge in [-0.1, -0.05) is 23.7 Å². The summed E-state index contributed by atoms with van der Waals surface area (Å²) in [6.07, 6.45) is 0. The molecular formula is C16H9ClIN3O3S. The fraction of sp³-hybridized carbons (Fsp3) is 0. The molecule has 0 aliphatic carbocycles. The van der Waals surface area contributed by atoms with Crippen LogP contribution in [0.25, 0.3) is 11.3 Å². The van der Waals surface area contributed by atoms with Gasteiger partial charge in [-0.15, -0.1) is 11.3 Å². The second-order valence-electron chi connectivity index (χ2n) is 4.92. The molecule has 1 amide bonds. The standard InChI is InChI=1S/C16H9ClIN3O3S/c17-13-6-5-11(21(23)24)7-12(13)15(22)20-16-19-14(8-25-16)9-1-3-10(18)4-2-9/h1-8H,(H,19,20,22). The summed E-state index contributed by atoms with van der Waals surface area (Å²) in [5.74, 6) is -0.544. The van der Waals surface area contributed by atoms with Crippen LogP contribution >= 0.6 is 45.5 Å². The van der Waals surface area contributed by atoms with Gasteiger partial charge in [0.25, 0.3) is 11.6 Å². The maximum Gasteiger partial charge on any atom is 0.270 e. The molecule has 0 bridgehead atoms. The van der Waals surface area contributed by atoms with Crippen molar-refractivity contribution < 1.29 is 9.72 Å². The summed E-state index contributed by atoms with van der Waals surface area (Å²) in [5, 5.41) is 15.8. The number of rotatable bonds is 4. The van der Waals surface area contributed by atoms with Crippen LogP contribution in [0.1, 0.15) is 10.4 Å². The van der Waals surface area contributed by atoms with Crippen molar-refractivity contribution in [1.82, 2.24) is 4.98 Å². The third kappa shape index (κ3) is 4.14. The van der Waals surface area contributed by atoms with E-state index in [1.54, 1.807) is 0 Å². The SMILES string of the molecule is O=C(Nc1nc(-c2ccc(I)cc2)cs1)c1cc([N+](=O)[O-])ccc1Cl. The molecule has 0 unspecified atom stereocenters. The van der Waals surface area contributed by atoms with E-state index in [0.29, 0.717) is 5.13 Å². The number of hydrogen-bond acceptors (Lipinski definition) is 5. The number of non-ortho nitro benzene ring substituents is 1. The van der Waals surface area contributed by atoms with Gasteiger partial charge >= 0.3 is 0 Å². The molecule has 0 aliphatic rings. The zero-order valence-electron chi connectivity index (χ0n) is 12.4. The number of benzene rings is 2. The molecule has 6 nitrogen and oxygen atoms in total. The Labute approximate surface area is 165 Å². The maximum absolute atomic E-state index is 12.3. The first kappa shape index (κ1) is 17.8. The monoisotopic (exact) mass is 485 g/mol. The molecule has 0 radical (unpaired) electrons. The van der Waals surface area contributed by atoms with Crippen LogP contribution in [-0.2, 0) is 0 Å². The first-order valence-electron chi connectivity index (χ1n) is 6.91. The summed E-state index contributed by atoms with van der Waals surface area (Å²) >= 11 is 9.46. The van der Waals surface area contributed by atoms with Gasteiger partial charge in [-0.2, -0.15) is 0 Å². The van der Waals surface area contributed by atoms with Gasteiger partial charge in [0.2, 0.25) is 0 Å². The summed E-state index contributed by atoms with van der Waals surface area (Å²) < 4.78 is 1.12. The van der Waals surface area contributed by atoms with Crippen LogP contribution < -0.4 is 5.32 Å². The fourth-order valence-corrected chi connectivity index (χ4v) is 3.33. The Morgan fingerprint density at radius 1 is 1.24 bits per heavy atom. The van der Waals surface area contributed by atoms with E-state index >= 15 is 0 Å². The molecule has 25 heavy (non-hydrogen) atoms. The van der Waals surface area contributed by atoms with Gasteiger partial charge in [-0.25, -0.2) is 4.98 Å². The lowest BCUT2D eigenvalue weighted by atomic mass is 10.2. The Hall–Kier alpha value is -2.04. The third-order valence-electron chi connectivity index (χ3n) is 3.27. The normalized spacial score (nSPS) is 10.5. The minimum absolute atomic E-state index is 0.0295. The van der Waals surface area contributed by atoms with E-state index < -0.39 is 10.8 Å². The van der Waals surface area contributed by atoms with Crippen molar-refractivity contribution in [2.45, 2.75) is 0 Å². The van der Waals surface area contributed by atoms with Crippen LogP contribution in [-0.4, -0.2) is 15.8 Å². The van der Waals surface area contributed by atoms with Gasteiger partial charge in [0.1, 0.15) is 0 Å². The highest BCUT2D eigenvalue weighted by atomic mass is 127. The number of nitro benzene ring substituents is 1. The largest absolute Gasteiger partial charge is 0.298 e. The first-order valence-corrected chi connectivity index (χ1v) is 9.24. The molecule has 0 fully saturated rings. The Kier molecular flexibility index (Phi) is 5.30. The van der Waals surface area contributed by atoms with Crippen LogP contribution in [0.4, 0.5) is 10.8 Å². The highest BCUT2D eigenvalue weighted by Gasteiger charge is 2.17. The molecule has 1 N–H and O–H groups in total. The molecule has 0 saturated carbocycles. The number of nitro groups is 1. The Morgan fingerprint density at radius 2 is 1.96 bits per heavy atom. The molecule has 0 aliphatic heterocycles. The third-order valence-corrected chi connectivity index (χ3v) is 5.08. The number of amides is 1. The molecule has 126 valence electrons. The van der Waals surface area contributed by atoms with E-state index in [9.17, 15) is 14.9 Å². The van der Waals surface area contributed by atoms with Gasteiger partial charge in [0.15, 0.2) is 5.13 Å². The average molecular weight is 486 g/mol. The lowest BCUT2D eigenvalue weighted by Crippen LogP contribution is -2.12. The lowest BCUT2D eigenvalue weighted by Gasteiger charge is -2.04. The maximum atomic E-state index is 12.3. The van der Waals surface area contributed by atoms with Crippen molar-refractivity contribution in [3.8, 4) is 11.3 Å². The smallest absolute Gasteiger partial charge is 0.270 e. The molecule has 1 heterocycles. The average Bonchev–Trinajstić information content (AvgIpc) is 3.04. The van der Waals surface area contributed by atoms with Crippen molar-refractivity contribution >= 4 is 62.3 Å². The zero-order valence-corrected chi connectivity index (χ0v) is 16.1. The number of nitrogens with one attached hydrogen (secondary N) is 1. The quantitative estimate of drug-likeness (QED) is 0.312. The number of anilines is 1. The number of aromatic nitrogens is 1. The highest BCUT2D eigenvalue weighted by molar-refractivity contribution is 14.1. The van der Waals surface area contributed by atoms with Gasteiger partial charge in [0, 0.05) is 26.6 Å². The van der Waals surface area contributed by atoms with E-state index in [0.717, 1.165) is 20.9 Å². The minimum atomic E-state index is -0.578. The number of carbonyl (C=O) groups excluding carboxylic acids is 1. The van der Waals surface area contributed by atoms with Crippen LogP contribution in [0.3, 0.4) is 0 Å². The predicted octanol–water partition coefficient (Wildman–Crippen LogP) is 5.23. The van der Waals surface area contributed by atoms with Crippen LogP contribution in [0.15, 0.2) is 47.8 Å². The summed E-state index contributed by atoms with van der Waals surface area (Å²) in [7, 11) is 0. The van der Waals surface area contributed by atoms with E-state index in [1.807, 2.05) is 29.6 Å². The van der Waals surface area contributed by atoms with Crippen LogP contribution in [0.5, 0.6) is 0 Å². The molecule has 3 aromatic rings. The molecule has 1 aromatic heterocycles. The van der Waals surface area contributed by atoms with Gasteiger partial charge in [0.05, 0.1) is 21.2 Å². The van der Waals surface area contributed by atoms with Crippen molar-refractivity contribution in [3.05, 3.63) is 72.1 Å². The van der Waals surface area contributed by atoms with Crippen molar-refractivity contribution in [2.24, 2.45) is 0 Å². The van der Waals surface area contributed by atoms with E-state index in [1.165, 1.54) is 23.5 Å².